The van der Waals surface area contributed by atoms with Crippen LogP contribution in [0.4, 0.5) is 0 Å². The maximum Gasteiger partial charge on any atom is 0.245 e. The zero-order valence-electron chi connectivity index (χ0n) is 11.8. The molecule has 0 saturated carbocycles. The lowest BCUT2D eigenvalue weighted by Crippen LogP contribution is -2.54. The third-order valence-corrected chi connectivity index (χ3v) is 3.47. The third-order valence-electron chi connectivity index (χ3n) is 3.47. The Hall–Kier alpha value is -1.10. The van der Waals surface area contributed by atoms with E-state index in [4.69, 9.17) is 0 Å². The Morgan fingerprint density at radius 2 is 1.67 bits per heavy atom. The van der Waals surface area contributed by atoms with Gasteiger partial charge in [-0.15, -0.1) is 0 Å². The maximum absolute atomic E-state index is 12.3. The third kappa shape index (κ3) is 3.70. The molecule has 1 aliphatic heterocycles. The van der Waals surface area contributed by atoms with Gasteiger partial charge in [0.1, 0.15) is 6.04 Å². The molecule has 5 nitrogen and oxygen atoms in total. The second-order valence-corrected chi connectivity index (χ2v) is 5.27. The number of hydrogen-bond acceptors (Lipinski definition) is 3. The SMILES string of the molecule is CN[C@@H](C)C(=O)N[C@H](C(=O)N1CCCC1)C(C)C. The summed E-state index contributed by atoms with van der Waals surface area (Å²) >= 11 is 0. The molecule has 0 radical (unpaired) electrons. The molecule has 0 aromatic carbocycles. The lowest BCUT2D eigenvalue weighted by molar-refractivity contribution is -0.137. The monoisotopic (exact) mass is 255 g/mol. The second-order valence-electron chi connectivity index (χ2n) is 5.27. The van der Waals surface area contributed by atoms with Crippen LogP contribution in [0.15, 0.2) is 0 Å². The fourth-order valence-corrected chi connectivity index (χ4v) is 2.06. The molecule has 5 heteroatoms. The molecule has 0 spiro atoms. The molecule has 0 aliphatic carbocycles. The molecule has 0 bridgehead atoms. The van der Waals surface area contributed by atoms with Crippen LogP contribution in [-0.2, 0) is 9.59 Å². The number of amides is 2. The molecule has 1 fully saturated rings. The van der Waals surface area contributed by atoms with Crippen LogP contribution < -0.4 is 10.6 Å². The Kier molecular flexibility index (Phi) is 5.59. The second kappa shape index (κ2) is 6.73. The van der Waals surface area contributed by atoms with Crippen molar-refractivity contribution in [2.24, 2.45) is 5.92 Å². The number of hydrogen-bond donors (Lipinski definition) is 2. The van der Waals surface area contributed by atoms with Gasteiger partial charge in [-0.05, 0) is 32.7 Å². The van der Waals surface area contributed by atoms with Crippen LogP contribution >= 0.6 is 0 Å². The van der Waals surface area contributed by atoms with Crippen molar-refractivity contribution in [2.75, 3.05) is 20.1 Å². The first-order valence-corrected chi connectivity index (χ1v) is 6.73. The Balaban J connectivity index is 2.64. The summed E-state index contributed by atoms with van der Waals surface area (Å²) in [6, 6.07) is -0.691. The topological polar surface area (TPSA) is 61.4 Å². The zero-order chi connectivity index (χ0) is 13.7. The molecule has 2 N–H and O–H groups in total. The van der Waals surface area contributed by atoms with E-state index in [0.29, 0.717) is 0 Å². The predicted octanol–water partition coefficient (Wildman–Crippen LogP) is 0.358. The molecule has 2 atom stereocenters. The van der Waals surface area contributed by atoms with Gasteiger partial charge in [-0.1, -0.05) is 13.8 Å². The smallest absolute Gasteiger partial charge is 0.245 e. The highest BCUT2D eigenvalue weighted by molar-refractivity contribution is 5.89. The molecular weight excluding hydrogens is 230 g/mol. The molecule has 0 aromatic rings. The summed E-state index contributed by atoms with van der Waals surface area (Å²) in [5.74, 6) is 0.0361. The summed E-state index contributed by atoms with van der Waals surface area (Å²) in [4.78, 5) is 26.0. The minimum Gasteiger partial charge on any atom is -0.343 e. The van der Waals surface area contributed by atoms with E-state index in [0.717, 1.165) is 25.9 Å². The number of nitrogens with one attached hydrogen (secondary N) is 2. The van der Waals surface area contributed by atoms with Crippen LogP contribution in [0.5, 0.6) is 0 Å². The van der Waals surface area contributed by atoms with Crippen LogP contribution in [0.3, 0.4) is 0 Å². The van der Waals surface area contributed by atoms with Crippen LogP contribution in [0.2, 0.25) is 0 Å². The van der Waals surface area contributed by atoms with Crippen molar-refractivity contribution in [2.45, 2.75) is 45.7 Å². The van der Waals surface area contributed by atoms with Crippen LogP contribution in [0, 0.1) is 5.92 Å². The average Bonchev–Trinajstić information content (AvgIpc) is 2.87. The highest BCUT2D eigenvalue weighted by Gasteiger charge is 2.30. The van der Waals surface area contributed by atoms with Gasteiger partial charge in [0.15, 0.2) is 0 Å². The average molecular weight is 255 g/mol. The van der Waals surface area contributed by atoms with E-state index in [2.05, 4.69) is 10.6 Å². The molecule has 0 aromatic heterocycles. The van der Waals surface area contributed by atoms with Gasteiger partial charge in [0.25, 0.3) is 0 Å². The van der Waals surface area contributed by atoms with Crippen molar-refractivity contribution < 1.29 is 9.59 Å². The van der Waals surface area contributed by atoms with E-state index in [9.17, 15) is 9.59 Å². The minimum absolute atomic E-state index is 0.0548. The summed E-state index contributed by atoms with van der Waals surface area (Å²) in [6.07, 6.45) is 2.13. The standard InChI is InChI=1S/C13H25N3O2/c1-9(2)11(15-12(17)10(3)14-4)13(18)16-7-5-6-8-16/h9-11,14H,5-8H2,1-4H3,(H,15,17)/t10-,11-/m0/s1. The summed E-state index contributed by atoms with van der Waals surface area (Å²) in [5.41, 5.74) is 0. The van der Waals surface area contributed by atoms with Crippen molar-refractivity contribution in [3.8, 4) is 0 Å². The minimum atomic E-state index is -0.411. The van der Waals surface area contributed by atoms with Crippen molar-refractivity contribution in [1.82, 2.24) is 15.5 Å². The summed E-state index contributed by atoms with van der Waals surface area (Å²) in [6.45, 7) is 7.35. The summed E-state index contributed by atoms with van der Waals surface area (Å²) in [7, 11) is 1.73. The molecule has 2 amide bonds. The van der Waals surface area contributed by atoms with E-state index >= 15 is 0 Å². The molecule has 1 heterocycles. The molecule has 1 aliphatic rings. The van der Waals surface area contributed by atoms with Crippen molar-refractivity contribution in [3.63, 3.8) is 0 Å². The van der Waals surface area contributed by atoms with E-state index < -0.39 is 6.04 Å². The van der Waals surface area contributed by atoms with Gasteiger partial charge in [-0.3, -0.25) is 9.59 Å². The van der Waals surface area contributed by atoms with Gasteiger partial charge >= 0.3 is 0 Å². The number of likely N-dealkylation sites (N-methyl/N-ethyl adjacent to an activating group) is 1. The van der Waals surface area contributed by atoms with Crippen LogP contribution in [-0.4, -0.2) is 48.9 Å². The fraction of sp³-hybridized carbons (Fsp3) is 0.846. The van der Waals surface area contributed by atoms with Crippen molar-refractivity contribution in [3.05, 3.63) is 0 Å². The van der Waals surface area contributed by atoms with E-state index in [-0.39, 0.29) is 23.8 Å². The number of carbonyl (C=O) groups is 2. The van der Waals surface area contributed by atoms with Gasteiger partial charge in [-0.2, -0.15) is 0 Å². The summed E-state index contributed by atoms with van der Waals surface area (Å²) < 4.78 is 0. The number of nitrogens with zero attached hydrogens (tertiary/aromatic N) is 1. The van der Waals surface area contributed by atoms with Gasteiger partial charge in [0, 0.05) is 13.1 Å². The first-order valence-electron chi connectivity index (χ1n) is 6.73. The lowest BCUT2D eigenvalue weighted by atomic mass is 10.0. The first kappa shape index (κ1) is 15.0. The largest absolute Gasteiger partial charge is 0.343 e. The molecule has 1 rings (SSSR count). The van der Waals surface area contributed by atoms with Crippen molar-refractivity contribution >= 4 is 11.8 Å². The highest BCUT2D eigenvalue weighted by Crippen LogP contribution is 2.13. The van der Waals surface area contributed by atoms with Gasteiger partial charge in [0.2, 0.25) is 11.8 Å². The molecule has 1 saturated heterocycles. The maximum atomic E-state index is 12.3. The molecule has 18 heavy (non-hydrogen) atoms. The first-order chi connectivity index (χ1) is 8.47. The molecular formula is C13H25N3O2. The van der Waals surface area contributed by atoms with Gasteiger partial charge in [0.05, 0.1) is 6.04 Å². The Morgan fingerprint density at radius 1 is 1.11 bits per heavy atom. The number of carbonyl (C=O) groups excluding carboxylic acids is 2. The summed E-state index contributed by atoms with van der Waals surface area (Å²) in [5, 5.41) is 5.73. The van der Waals surface area contributed by atoms with Gasteiger partial charge < -0.3 is 15.5 Å². The van der Waals surface area contributed by atoms with E-state index in [1.54, 1.807) is 14.0 Å². The van der Waals surface area contributed by atoms with Gasteiger partial charge in [-0.25, -0.2) is 0 Å². The van der Waals surface area contributed by atoms with E-state index in [1.165, 1.54) is 0 Å². The normalized spacial score (nSPS) is 18.8. The fourth-order valence-electron chi connectivity index (χ4n) is 2.06. The Morgan fingerprint density at radius 3 is 2.11 bits per heavy atom. The van der Waals surface area contributed by atoms with Crippen molar-refractivity contribution in [1.29, 1.82) is 0 Å². The molecule has 0 unspecified atom stereocenters. The van der Waals surface area contributed by atoms with E-state index in [1.807, 2.05) is 18.7 Å². The molecule has 104 valence electrons. The zero-order valence-corrected chi connectivity index (χ0v) is 11.8. The predicted molar refractivity (Wildman–Crippen MR) is 71.1 cm³/mol. The lowest BCUT2D eigenvalue weighted by Gasteiger charge is -2.27. The highest BCUT2D eigenvalue weighted by atomic mass is 16.2. The quantitative estimate of drug-likeness (QED) is 0.745. The Labute approximate surface area is 109 Å². The van der Waals surface area contributed by atoms with Crippen LogP contribution in [0.1, 0.15) is 33.6 Å². The Bertz CT molecular complexity index is 299. The number of likely N-dealkylation sites (tertiary alicyclic amines) is 1. The van der Waals surface area contributed by atoms with Crippen LogP contribution in [0.25, 0.3) is 0 Å². The number of rotatable bonds is 5.